The molecule has 1 aliphatic carbocycles. The maximum absolute atomic E-state index is 10.8. The Balaban J connectivity index is 2.26. The number of nitro benzene ring substituents is 1. The quantitative estimate of drug-likeness (QED) is 0.424. The van der Waals surface area contributed by atoms with Crippen molar-refractivity contribution in [3.8, 4) is 0 Å². The van der Waals surface area contributed by atoms with Gasteiger partial charge < -0.3 is 10.7 Å². The number of nitrogens with zero attached hydrogens (tertiary/aromatic N) is 1. The summed E-state index contributed by atoms with van der Waals surface area (Å²) in [5.74, 6) is 5.95. The molecule has 1 aromatic rings. The standard InChI is InChI=1S/C12H18N4O2/c1-12(2,8-3-4-8)14-9-5-10(15-13)7-11(6-9)16(17)18/h5-8,14-15H,3-4,13H2,1-2H3. The van der Waals surface area contributed by atoms with Crippen LogP contribution in [0.2, 0.25) is 0 Å². The minimum atomic E-state index is -0.420. The highest BCUT2D eigenvalue weighted by Gasteiger charge is 2.37. The van der Waals surface area contributed by atoms with Crippen molar-refractivity contribution in [1.29, 1.82) is 0 Å². The van der Waals surface area contributed by atoms with Gasteiger partial charge in [0, 0.05) is 23.4 Å². The van der Waals surface area contributed by atoms with Crippen LogP contribution in [-0.2, 0) is 0 Å². The third-order valence-corrected chi connectivity index (χ3v) is 3.36. The van der Waals surface area contributed by atoms with E-state index in [1.54, 1.807) is 6.07 Å². The van der Waals surface area contributed by atoms with Crippen LogP contribution in [0, 0.1) is 16.0 Å². The molecule has 0 unspecified atom stereocenters. The smallest absolute Gasteiger partial charge is 0.273 e. The lowest BCUT2D eigenvalue weighted by Gasteiger charge is -2.27. The lowest BCUT2D eigenvalue weighted by atomic mass is 9.98. The molecule has 0 spiro atoms. The van der Waals surface area contributed by atoms with Gasteiger partial charge in [-0.1, -0.05) is 0 Å². The van der Waals surface area contributed by atoms with Gasteiger partial charge >= 0.3 is 0 Å². The molecule has 0 aromatic heterocycles. The van der Waals surface area contributed by atoms with Gasteiger partial charge in [0.25, 0.3) is 5.69 Å². The van der Waals surface area contributed by atoms with E-state index in [2.05, 4.69) is 24.6 Å². The summed E-state index contributed by atoms with van der Waals surface area (Å²) in [4.78, 5) is 10.4. The largest absolute Gasteiger partial charge is 0.380 e. The van der Waals surface area contributed by atoms with Crippen LogP contribution in [0.1, 0.15) is 26.7 Å². The molecule has 0 heterocycles. The molecule has 0 bridgehead atoms. The van der Waals surface area contributed by atoms with Crippen molar-refractivity contribution >= 4 is 17.1 Å². The molecule has 6 nitrogen and oxygen atoms in total. The fourth-order valence-corrected chi connectivity index (χ4v) is 2.15. The minimum absolute atomic E-state index is 0.0274. The lowest BCUT2D eigenvalue weighted by molar-refractivity contribution is -0.384. The van der Waals surface area contributed by atoms with Crippen molar-refractivity contribution in [3.05, 3.63) is 28.3 Å². The molecule has 0 atom stereocenters. The first-order valence-corrected chi connectivity index (χ1v) is 5.96. The summed E-state index contributed by atoms with van der Waals surface area (Å²) < 4.78 is 0. The van der Waals surface area contributed by atoms with Crippen LogP contribution in [0.5, 0.6) is 0 Å². The fourth-order valence-electron chi connectivity index (χ4n) is 2.15. The molecule has 0 aliphatic heterocycles. The van der Waals surface area contributed by atoms with E-state index in [0.717, 1.165) is 0 Å². The van der Waals surface area contributed by atoms with Gasteiger partial charge in [0.2, 0.25) is 0 Å². The normalized spacial score (nSPS) is 15.3. The van der Waals surface area contributed by atoms with Crippen molar-refractivity contribution < 1.29 is 4.92 Å². The van der Waals surface area contributed by atoms with E-state index in [-0.39, 0.29) is 11.2 Å². The van der Waals surface area contributed by atoms with Crippen LogP contribution in [-0.4, -0.2) is 10.5 Å². The zero-order chi connectivity index (χ0) is 13.3. The highest BCUT2D eigenvalue weighted by molar-refractivity contribution is 5.63. The number of hydrogen-bond acceptors (Lipinski definition) is 5. The average molecular weight is 250 g/mol. The molecule has 0 saturated heterocycles. The van der Waals surface area contributed by atoms with E-state index in [9.17, 15) is 10.1 Å². The highest BCUT2D eigenvalue weighted by Crippen LogP contribution is 2.41. The van der Waals surface area contributed by atoms with Crippen LogP contribution >= 0.6 is 0 Å². The number of benzene rings is 1. The fraction of sp³-hybridized carbons (Fsp3) is 0.500. The second-order valence-electron chi connectivity index (χ2n) is 5.29. The van der Waals surface area contributed by atoms with Gasteiger partial charge in [-0.25, -0.2) is 0 Å². The van der Waals surface area contributed by atoms with E-state index in [1.807, 2.05) is 0 Å². The molecular formula is C12H18N4O2. The lowest BCUT2D eigenvalue weighted by Crippen LogP contribution is -2.33. The zero-order valence-electron chi connectivity index (χ0n) is 10.6. The average Bonchev–Trinajstić information content (AvgIpc) is 3.11. The summed E-state index contributed by atoms with van der Waals surface area (Å²) in [6.45, 7) is 4.22. The maximum Gasteiger partial charge on any atom is 0.273 e. The summed E-state index contributed by atoms with van der Waals surface area (Å²) in [6, 6.07) is 4.72. The predicted molar refractivity (Wildman–Crippen MR) is 71.3 cm³/mol. The summed E-state index contributed by atoms with van der Waals surface area (Å²) in [5.41, 5.74) is 3.66. The monoisotopic (exact) mass is 250 g/mol. The van der Waals surface area contributed by atoms with Crippen LogP contribution in [0.15, 0.2) is 18.2 Å². The Kier molecular flexibility index (Phi) is 3.13. The van der Waals surface area contributed by atoms with Gasteiger partial charge in [-0.05, 0) is 38.7 Å². The van der Waals surface area contributed by atoms with Crippen LogP contribution < -0.4 is 16.6 Å². The molecular weight excluding hydrogens is 232 g/mol. The maximum atomic E-state index is 10.8. The van der Waals surface area contributed by atoms with Crippen molar-refractivity contribution in [1.82, 2.24) is 0 Å². The van der Waals surface area contributed by atoms with Gasteiger partial charge in [0.15, 0.2) is 0 Å². The first-order chi connectivity index (χ1) is 8.42. The predicted octanol–water partition coefficient (Wildman–Crippen LogP) is 2.48. The molecule has 0 amide bonds. The first-order valence-electron chi connectivity index (χ1n) is 5.96. The third kappa shape index (κ3) is 2.70. The molecule has 1 fully saturated rings. The Morgan fingerprint density at radius 1 is 1.33 bits per heavy atom. The second kappa shape index (κ2) is 4.45. The molecule has 98 valence electrons. The van der Waals surface area contributed by atoms with E-state index in [4.69, 9.17) is 5.84 Å². The minimum Gasteiger partial charge on any atom is -0.380 e. The Morgan fingerprint density at radius 3 is 2.44 bits per heavy atom. The molecule has 1 aliphatic rings. The van der Waals surface area contributed by atoms with Crippen LogP contribution in [0.25, 0.3) is 0 Å². The number of rotatable bonds is 5. The Hall–Kier alpha value is -1.82. The van der Waals surface area contributed by atoms with Crippen molar-refractivity contribution in [2.24, 2.45) is 11.8 Å². The number of hydrogen-bond donors (Lipinski definition) is 3. The van der Waals surface area contributed by atoms with Gasteiger partial charge in [-0.15, -0.1) is 0 Å². The topological polar surface area (TPSA) is 93.2 Å². The second-order valence-corrected chi connectivity index (χ2v) is 5.29. The number of non-ortho nitro benzene ring substituents is 1. The van der Waals surface area contributed by atoms with Crippen LogP contribution in [0.3, 0.4) is 0 Å². The number of nitrogens with one attached hydrogen (secondary N) is 2. The van der Waals surface area contributed by atoms with Gasteiger partial charge in [-0.2, -0.15) is 0 Å². The Labute approximate surface area is 106 Å². The summed E-state index contributed by atoms with van der Waals surface area (Å²) in [7, 11) is 0. The zero-order valence-corrected chi connectivity index (χ0v) is 10.6. The SMILES string of the molecule is CC(C)(Nc1cc(NN)cc([N+](=O)[O-])c1)C1CC1. The number of nitrogens with two attached hydrogens (primary N) is 1. The molecule has 0 radical (unpaired) electrons. The van der Waals surface area contributed by atoms with Gasteiger partial charge in [-0.3, -0.25) is 16.0 Å². The van der Waals surface area contributed by atoms with E-state index >= 15 is 0 Å². The summed E-state index contributed by atoms with van der Waals surface area (Å²) >= 11 is 0. The Bertz CT molecular complexity index is 469. The number of nitrogen functional groups attached to an aromatic ring is 1. The molecule has 1 aromatic carbocycles. The van der Waals surface area contributed by atoms with E-state index in [1.165, 1.54) is 25.0 Å². The molecule has 2 rings (SSSR count). The highest BCUT2D eigenvalue weighted by atomic mass is 16.6. The van der Waals surface area contributed by atoms with Crippen molar-refractivity contribution in [2.75, 3.05) is 10.7 Å². The number of nitro groups is 1. The molecule has 18 heavy (non-hydrogen) atoms. The van der Waals surface area contributed by atoms with E-state index in [0.29, 0.717) is 17.3 Å². The van der Waals surface area contributed by atoms with Crippen molar-refractivity contribution in [3.63, 3.8) is 0 Å². The molecule has 6 heteroatoms. The third-order valence-electron chi connectivity index (χ3n) is 3.36. The number of anilines is 2. The van der Waals surface area contributed by atoms with Gasteiger partial charge in [0.1, 0.15) is 0 Å². The van der Waals surface area contributed by atoms with Crippen LogP contribution in [0.4, 0.5) is 17.1 Å². The number of hydrazine groups is 1. The summed E-state index contributed by atoms with van der Waals surface area (Å²) in [5, 5.41) is 14.2. The summed E-state index contributed by atoms with van der Waals surface area (Å²) in [6.07, 6.45) is 2.41. The van der Waals surface area contributed by atoms with Gasteiger partial charge in [0.05, 0.1) is 10.6 Å². The molecule has 1 saturated carbocycles. The first kappa shape index (κ1) is 12.6. The Morgan fingerprint density at radius 2 is 1.94 bits per heavy atom. The van der Waals surface area contributed by atoms with Crippen molar-refractivity contribution in [2.45, 2.75) is 32.2 Å². The van der Waals surface area contributed by atoms with E-state index < -0.39 is 4.92 Å². The molecule has 4 N–H and O–H groups in total.